The van der Waals surface area contributed by atoms with Gasteiger partial charge in [-0.1, -0.05) is 48.0 Å². The van der Waals surface area contributed by atoms with Gasteiger partial charge in [-0.2, -0.15) is 5.10 Å². The minimum absolute atomic E-state index is 0.250. The zero-order valence-electron chi connectivity index (χ0n) is 14.5. The van der Waals surface area contributed by atoms with Crippen LogP contribution in [0, 0.1) is 5.82 Å². The summed E-state index contributed by atoms with van der Waals surface area (Å²) in [5, 5.41) is 7.07. The highest BCUT2D eigenvalue weighted by Crippen LogP contribution is 2.28. The van der Waals surface area contributed by atoms with Gasteiger partial charge in [0, 0.05) is 33.9 Å². The predicted molar refractivity (Wildman–Crippen MR) is 112 cm³/mol. The van der Waals surface area contributed by atoms with Gasteiger partial charge in [0.15, 0.2) is 0 Å². The number of benzene rings is 2. The number of halogens is 2. The molecule has 2 aromatic carbocycles. The fourth-order valence-corrected chi connectivity index (χ4v) is 3.64. The van der Waals surface area contributed by atoms with Gasteiger partial charge >= 0.3 is 0 Å². The Labute approximate surface area is 169 Å². The summed E-state index contributed by atoms with van der Waals surface area (Å²) in [4.78, 5) is 9.08. The molecule has 2 aromatic heterocycles. The lowest BCUT2D eigenvalue weighted by Crippen LogP contribution is -2.11. The Morgan fingerprint density at radius 3 is 2.64 bits per heavy atom. The number of rotatable bonds is 4. The van der Waals surface area contributed by atoms with Crippen LogP contribution in [0.1, 0.15) is 5.56 Å². The van der Waals surface area contributed by atoms with Gasteiger partial charge in [-0.25, -0.2) is 14.1 Å². The van der Waals surface area contributed by atoms with Crippen molar-refractivity contribution in [2.45, 2.75) is 0 Å². The monoisotopic (exact) mass is 408 g/mol. The molecule has 0 atom stereocenters. The molecule has 0 fully saturated rings. The van der Waals surface area contributed by atoms with Crippen molar-refractivity contribution in [2.75, 3.05) is 0 Å². The number of hydrogen-bond donors (Lipinski definition) is 0. The van der Waals surface area contributed by atoms with Gasteiger partial charge in [0.05, 0.1) is 11.9 Å². The molecule has 0 aliphatic rings. The maximum absolute atomic E-state index is 14.1. The average molecular weight is 409 g/mol. The van der Waals surface area contributed by atoms with E-state index in [4.69, 9.17) is 11.6 Å². The van der Waals surface area contributed by atoms with Crippen LogP contribution in [0.4, 0.5) is 10.1 Å². The molecule has 4 nitrogen and oxygen atoms in total. The van der Waals surface area contributed by atoms with E-state index in [0.717, 1.165) is 16.8 Å². The summed E-state index contributed by atoms with van der Waals surface area (Å²) in [6.45, 7) is 0. The standard InChI is InChI=1S/C21H14ClFN4S/c22-17-8-2-1-7-16(17)20-14-28-21(26-19-10-4-3-9-18(19)23)27(20)25-13-15-6-5-11-24-12-15/h1-14H/b25-13-,26-21?. The highest BCUT2D eigenvalue weighted by atomic mass is 35.5. The van der Waals surface area contributed by atoms with E-state index in [9.17, 15) is 4.39 Å². The predicted octanol–water partition coefficient (Wildman–Crippen LogP) is 5.52. The van der Waals surface area contributed by atoms with E-state index < -0.39 is 5.82 Å². The first kappa shape index (κ1) is 18.3. The van der Waals surface area contributed by atoms with Crippen LogP contribution < -0.4 is 4.80 Å². The van der Waals surface area contributed by atoms with Crippen LogP contribution in [0.2, 0.25) is 5.02 Å². The van der Waals surface area contributed by atoms with Crippen molar-refractivity contribution in [1.82, 2.24) is 9.66 Å². The van der Waals surface area contributed by atoms with Crippen LogP contribution >= 0.6 is 22.9 Å². The largest absolute Gasteiger partial charge is 0.264 e. The van der Waals surface area contributed by atoms with E-state index in [-0.39, 0.29) is 5.69 Å². The fraction of sp³-hybridized carbons (Fsp3) is 0. The van der Waals surface area contributed by atoms with Crippen LogP contribution in [0.15, 0.2) is 88.5 Å². The Balaban J connectivity index is 1.89. The maximum Gasteiger partial charge on any atom is 0.211 e. The third kappa shape index (κ3) is 3.93. The first-order valence-corrected chi connectivity index (χ1v) is 9.67. The molecule has 0 N–H and O–H groups in total. The third-order valence-corrected chi connectivity index (χ3v) is 5.06. The second kappa shape index (κ2) is 8.29. The molecule has 28 heavy (non-hydrogen) atoms. The van der Waals surface area contributed by atoms with Crippen molar-refractivity contribution in [3.05, 3.63) is 99.6 Å². The Morgan fingerprint density at radius 1 is 1.04 bits per heavy atom. The average Bonchev–Trinajstić information content (AvgIpc) is 3.11. The SMILES string of the molecule is Fc1ccccc1N=c1scc(-c2ccccc2Cl)n1/N=C\c1cccnc1. The summed E-state index contributed by atoms with van der Waals surface area (Å²) in [7, 11) is 0. The fourth-order valence-electron chi connectivity index (χ4n) is 2.57. The maximum atomic E-state index is 14.1. The first-order chi connectivity index (χ1) is 13.7. The minimum atomic E-state index is -0.391. The molecule has 4 rings (SSSR count). The number of thiazole rings is 1. The molecule has 0 aliphatic carbocycles. The van der Waals surface area contributed by atoms with E-state index in [1.165, 1.54) is 17.4 Å². The molecule has 0 bridgehead atoms. The van der Waals surface area contributed by atoms with Gasteiger partial charge in [0.2, 0.25) is 4.80 Å². The molecule has 0 saturated heterocycles. The van der Waals surface area contributed by atoms with Crippen LogP contribution in [-0.4, -0.2) is 15.9 Å². The number of nitrogens with zero attached hydrogens (tertiary/aromatic N) is 4. The van der Waals surface area contributed by atoms with Crippen molar-refractivity contribution in [3.8, 4) is 11.3 Å². The van der Waals surface area contributed by atoms with Crippen molar-refractivity contribution in [2.24, 2.45) is 10.1 Å². The lowest BCUT2D eigenvalue weighted by atomic mass is 10.2. The van der Waals surface area contributed by atoms with Gasteiger partial charge in [0.25, 0.3) is 0 Å². The number of para-hydroxylation sites is 1. The first-order valence-electron chi connectivity index (χ1n) is 8.41. The summed E-state index contributed by atoms with van der Waals surface area (Å²) in [5.74, 6) is -0.391. The molecule has 0 aliphatic heterocycles. The van der Waals surface area contributed by atoms with E-state index in [1.54, 1.807) is 41.5 Å². The van der Waals surface area contributed by atoms with Crippen LogP contribution in [0.5, 0.6) is 0 Å². The van der Waals surface area contributed by atoms with E-state index >= 15 is 0 Å². The van der Waals surface area contributed by atoms with Crippen LogP contribution in [-0.2, 0) is 0 Å². The summed E-state index contributed by atoms with van der Waals surface area (Å²) >= 11 is 7.74. The molecule has 2 heterocycles. The Morgan fingerprint density at radius 2 is 1.86 bits per heavy atom. The lowest BCUT2D eigenvalue weighted by molar-refractivity contribution is 0.628. The number of aromatic nitrogens is 2. The summed E-state index contributed by atoms with van der Waals surface area (Å²) in [6, 6.07) is 17.6. The number of hydrogen-bond acceptors (Lipinski definition) is 4. The minimum Gasteiger partial charge on any atom is -0.264 e. The third-order valence-electron chi connectivity index (χ3n) is 3.91. The topological polar surface area (TPSA) is 42.5 Å². The second-order valence-corrected chi connectivity index (χ2v) is 7.03. The molecule has 0 spiro atoms. The van der Waals surface area contributed by atoms with E-state index in [1.807, 2.05) is 41.8 Å². The van der Waals surface area contributed by atoms with Gasteiger partial charge in [0.1, 0.15) is 11.5 Å². The smallest absolute Gasteiger partial charge is 0.211 e. The van der Waals surface area contributed by atoms with E-state index in [0.29, 0.717) is 9.82 Å². The quantitative estimate of drug-likeness (QED) is 0.410. The summed E-state index contributed by atoms with van der Waals surface area (Å²) in [5.41, 5.74) is 2.67. The summed E-state index contributed by atoms with van der Waals surface area (Å²) < 4.78 is 15.7. The molecular formula is C21H14ClFN4S. The molecule has 4 aromatic rings. The van der Waals surface area contributed by atoms with Crippen LogP contribution in [0.25, 0.3) is 11.3 Å². The number of pyridine rings is 1. The Hall–Kier alpha value is -3.09. The Bertz CT molecular complexity index is 1200. The molecule has 0 saturated carbocycles. The molecule has 138 valence electrons. The molecule has 0 radical (unpaired) electrons. The summed E-state index contributed by atoms with van der Waals surface area (Å²) in [6.07, 6.45) is 5.09. The van der Waals surface area contributed by atoms with Gasteiger partial charge in [-0.3, -0.25) is 4.98 Å². The van der Waals surface area contributed by atoms with Gasteiger partial charge < -0.3 is 0 Å². The van der Waals surface area contributed by atoms with Crippen molar-refractivity contribution in [3.63, 3.8) is 0 Å². The van der Waals surface area contributed by atoms with Crippen molar-refractivity contribution in [1.29, 1.82) is 0 Å². The highest BCUT2D eigenvalue weighted by molar-refractivity contribution is 7.07. The molecule has 0 amide bonds. The lowest BCUT2D eigenvalue weighted by Gasteiger charge is -2.05. The molecule has 0 unspecified atom stereocenters. The van der Waals surface area contributed by atoms with Crippen molar-refractivity contribution < 1.29 is 4.39 Å². The van der Waals surface area contributed by atoms with E-state index in [2.05, 4.69) is 15.1 Å². The zero-order valence-corrected chi connectivity index (χ0v) is 16.1. The molecule has 7 heteroatoms. The highest BCUT2D eigenvalue weighted by Gasteiger charge is 2.11. The van der Waals surface area contributed by atoms with Crippen molar-refractivity contribution >= 4 is 34.8 Å². The Kier molecular flexibility index (Phi) is 5.41. The zero-order chi connectivity index (χ0) is 19.3. The van der Waals surface area contributed by atoms with Gasteiger partial charge in [-0.05, 0) is 24.3 Å². The molecular weight excluding hydrogens is 395 g/mol. The normalized spacial score (nSPS) is 12.0. The second-order valence-electron chi connectivity index (χ2n) is 5.79. The van der Waals surface area contributed by atoms with Gasteiger partial charge in [-0.15, -0.1) is 11.3 Å². The van der Waals surface area contributed by atoms with Crippen LogP contribution in [0.3, 0.4) is 0 Å².